The van der Waals surface area contributed by atoms with Crippen molar-refractivity contribution in [2.45, 2.75) is 45.8 Å². The van der Waals surface area contributed by atoms with Crippen LogP contribution in [0.5, 0.6) is 0 Å². The predicted octanol–water partition coefficient (Wildman–Crippen LogP) is 0.599. The first-order valence-corrected chi connectivity index (χ1v) is 6.08. The number of likely N-dealkylation sites (N-methyl/N-ethyl adjacent to an activating group) is 1. The van der Waals surface area contributed by atoms with Gasteiger partial charge in [-0.15, -0.1) is 5.10 Å². The minimum Gasteiger partial charge on any atom is -0.347 e. The fourth-order valence-electron chi connectivity index (χ4n) is 1.44. The van der Waals surface area contributed by atoms with E-state index < -0.39 is 0 Å². The van der Waals surface area contributed by atoms with Crippen molar-refractivity contribution in [1.82, 2.24) is 25.2 Å². The van der Waals surface area contributed by atoms with Crippen LogP contribution in [0.2, 0.25) is 0 Å². The summed E-state index contributed by atoms with van der Waals surface area (Å²) in [6, 6.07) is -0.222. The number of carbonyl (C=O) groups excluding carboxylic acids is 1. The fraction of sp³-hybridized carbons (Fsp3) is 0.750. The number of amides is 1. The molecule has 1 heterocycles. The van der Waals surface area contributed by atoms with E-state index in [0.717, 1.165) is 5.69 Å². The van der Waals surface area contributed by atoms with Gasteiger partial charge in [0.15, 0.2) is 0 Å². The van der Waals surface area contributed by atoms with Crippen molar-refractivity contribution in [3.63, 3.8) is 0 Å². The van der Waals surface area contributed by atoms with Crippen molar-refractivity contribution in [2.24, 2.45) is 0 Å². The van der Waals surface area contributed by atoms with Crippen LogP contribution in [0.15, 0.2) is 6.20 Å². The number of hydrogen-bond donors (Lipinski definition) is 1. The summed E-state index contributed by atoms with van der Waals surface area (Å²) in [5, 5.41) is 11.3. The zero-order valence-electron chi connectivity index (χ0n) is 12.1. The summed E-state index contributed by atoms with van der Waals surface area (Å²) in [5.41, 5.74) is 0.763. The lowest BCUT2D eigenvalue weighted by Crippen LogP contribution is -2.41. The number of nitrogens with zero attached hydrogens (tertiary/aromatic N) is 4. The number of rotatable bonds is 4. The molecule has 0 aromatic carbocycles. The third-order valence-corrected chi connectivity index (χ3v) is 2.63. The quantitative estimate of drug-likeness (QED) is 0.853. The highest BCUT2D eigenvalue weighted by atomic mass is 16.2. The molecule has 0 spiro atoms. The lowest BCUT2D eigenvalue weighted by Gasteiger charge is -2.18. The van der Waals surface area contributed by atoms with E-state index in [1.807, 2.05) is 17.8 Å². The van der Waals surface area contributed by atoms with Gasteiger partial charge >= 0.3 is 0 Å². The lowest BCUT2D eigenvalue weighted by atomic mass is 10.1. The lowest BCUT2D eigenvalue weighted by molar-refractivity contribution is -0.130. The molecular formula is C12H23N5O. The Balaban J connectivity index is 2.54. The SMILES string of the molecule is CC(NCc1cn(C(C)(C)C)nn1)C(=O)N(C)C. The molecular weight excluding hydrogens is 230 g/mol. The van der Waals surface area contributed by atoms with E-state index in [1.165, 1.54) is 0 Å². The maximum Gasteiger partial charge on any atom is 0.238 e. The summed E-state index contributed by atoms with van der Waals surface area (Å²) in [7, 11) is 3.49. The van der Waals surface area contributed by atoms with Crippen molar-refractivity contribution < 1.29 is 4.79 Å². The molecule has 0 aliphatic rings. The molecule has 1 unspecified atom stereocenters. The number of carbonyl (C=O) groups is 1. The maximum absolute atomic E-state index is 11.7. The van der Waals surface area contributed by atoms with Crippen LogP contribution < -0.4 is 5.32 Å². The second-order valence-electron chi connectivity index (χ2n) is 5.66. The van der Waals surface area contributed by atoms with E-state index in [1.54, 1.807) is 19.0 Å². The predicted molar refractivity (Wildman–Crippen MR) is 70.0 cm³/mol. The highest BCUT2D eigenvalue weighted by Crippen LogP contribution is 2.11. The summed E-state index contributed by atoms with van der Waals surface area (Å²) < 4.78 is 1.82. The van der Waals surface area contributed by atoms with Crippen LogP contribution in [-0.4, -0.2) is 45.9 Å². The summed E-state index contributed by atoms with van der Waals surface area (Å²) in [5.74, 6) is 0.0539. The van der Waals surface area contributed by atoms with Gasteiger partial charge < -0.3 is 10.2 Å². The molecule has 1 rings (SSSR count). The van der Waals surface area contributed by atoms with E-state index in [9.17, 15) is 4.79 Å². The number of nitrogens with one attached hydrogen (secondary N) is 1. The van der Waals surface area contributed by atoms with Crippen LogP contribution in [-0.2, 0) is 16.9 Å². The molecule has 6 nitrogen and oxygen atoms in total. The minimum absolute atomic E-state index is 0.0539. The summed E-state index contributed by atoms with van der Waals surface area (Å²) in [6.07, 6.45) is 1.90. The zero-order chi connectivity index (χ0) is 13.9. The van der Waals surface area contributed by atoms with Gasteiger partial charge in [-0.05, 0) is 27.7 Å². The molecule has 1 aromatic heterocycles. The molecule has 0 saturated carbocycles. The van der Waals surface area contributed by atoms with Gasteiger partial charge in [-0.3, -0.25) is 4.79 Å². The highest BCUT2D eigenvalue weighted by molar-refractivity contribution is 5.80. The molecule has 1 N–H and O–H groups in total. The van der Waals surface area contributed by atoms with Gasteiger partial charge in [0, 0.05) is 20.6 Å². The molecule has 102 valence electrons. The Bertz CT molecular complexity index is 405. The van der Waals surface area contributed by atoms with Crippen LogP contribution >= 0.6 is 0 Å². The Morgan fingerprint density at radius 2 is 2.11 bits per heavy atom. The molecule has 1 amide bonds. The summed E-state index contributed by atoms with van der Waals surface area (Å²) >= 11 is 0. The first kappa shape index (κ1) is 14.6. The molecule has 0 bridgehead atoms. The normalized spacial score (nSPS) is 13.4. The highest BCUT2D eigenvalue weighted by Gasteiger charge is 2.17. The molecule has 0 aliphatic carbocycles. The average molecular weight is 253 g/mol. The van der Waals surface area contributed by atoms with E-state index in [0.29, 0.717) is 6.54 Å². The van der Waals surface area contributed by atoms with Crippen molar-refractivity contribution >= 4 is 5.91 Å². The second-order valence-corrected chi connectivity index (χ2v) is 5.66. The molecule has 0 fully saturated rings. The third-order valence-electron chi connectivity index (χ3n) is 2.63. The van der Waals surface area contributed by atoms with Crippen molar-refractivity contribution in [1.29, 1.82) is 0 Å². The van der Waals surface area contributed by atoms with Crippen molar-refractivity contribution in [3.8, 4) is 0 Å². The Kier molecular flexibility index (Phi) is 4.45. The monoisotopic (exact) mass is 253 g/mol. The molecule has 1 atom stereocenters. The van der Waals surface area contributed by atoms with Gasteiger partial charge in [-0.1, -0.05) is 5.21 Å². The fourth-order valence-corrected chi connectivity index (χ4v) is 1.44. The van der Waals surface area contributed by atoms with Crippen molar-refractivity contribution in [2.75, 3.05) is 14.1 Å². The average Bonchev–Trinajstić information content (AvgIpc) is 2.72. The third kappa shape index (κ3) is 3.80. The number of hydrogen-bond acceptors (Lipinski definition) is 4. The van der Waals surface area contributed by atoms with Crippen LogP contribution in [0.4, 0.5) is 0 Å². The first-order chi connectivity index (χ1) is 8.21. The molecule has 0 aliphatic heterocycles. The van der Waals surface area contributed by atoms with Crippen LogP contribution in [0.25, 0.3) is 0 Å². The Morgan fingerprint density at radius 1 is 1.50 bits per heavy atom. The van der Waals surface area contributed by atoms with Gasteiger partial charge in [0.2, 0.25) is 5.91 Å². The molecule has 0 radical (unpaired) electrons. The Hall–Kier alpha value is -1.43. The second kappa shape index (κ2) is 5.48. The standard InChI is InChI=1S/C12H23N5O/c1-9(11(18)16(5)6)13-7-10-8-17(15-14-10)12(2,3)4/h8-9,13H,7H2,1-6H3. The van der Waals surface area contributed by atoms with Crippen molar-refractivity contribution in [3.05, 3.63) is 11.9 Å². The van der Waals surface area contributed by atoms with Crippen LogP contribution in [0.1, 0.15) is 33.4 Å². The smallest absolute Gasteiger partial charge is 0.238 e. The van der Waals surface area contributed by atoms with E-state index >= 15 is 0 Å². The first-order valence-electron chi connectivity index (χ1n) is 6.08. The molecule has 18 heavy (non-hydrogen) atoms. The van der Waals surface area contributed by atoms with Gasteiger partial charge in [0.1, 0.15) is 0 Å². The summed E-state index contributed by atoms with van der Waals surface area (Å²) in [4.78, 5) is 13.2. The van der Waals surface area contributed by atoms with Gasteiger partial charge in [-0.25, -0.2) is 4.68 Å². The largest absolute Gasteiger partial charge is 0.347 e. The van der Waals surface area contributed by atoms with Gasteiger partial charge in [0.05, 0.1) is 23.5 Å². The van der Waals surface area contributed by atoms with Crippen LogP contribution in [0.3, 0.4) is 0 Å². The maximum atomic E-state index is 11.7. The summed E-state index contributed by atoms with van der Waals surface area (Å²) in [6.45, 7) is 8.58. The topological polar surface area (TPSA) is 63.1 Å². The molecule has 1 aromatic rings. The Labute approximate surface area is 108 Å². The van der Waals surface area contributed by atoms with Gasteiger partial charge in [0.25, 0.3) is 0 Å². The zero-order valence-corrected chi connectivity index (χ0v) is 12.1. The van der Waals surface area contributed by atoms with E-state index in [2.05, 4.69) is 36.4 Å². The van der Waals surface area contributed by atoms with E-state index in [-0.39, 0.29) is 17.5 Å². The minimum atomic E-state index is -0.222. The van der Waals surface area contributed by atoms with Crippen LogP contribution in [0, 0.1) is 0 Å². The molecule has 0 saturated heterocycles. The Morgan fingerprint density at radius 3 is 2.56 bits per heavy atom. The van der Waals surface area contributed by atoms with Gasteiger partial charge in [-0.2, -0.15) is 0 Å². The number of aromatic nitrogens is 3. The molecule has 6 heteroatoms. The van der Waals surface area contributed by atoms with E-state index in [4.69, 9.17) is 0 Å².